The first kappa shape index (κ1) is 11.0. The highest BCUT2D eigenvalue weighted by molar-refractivity contribution is 8.00. The molecule has 82 valence electrons. The molecule has 1 aliphatic carbocycles. The minimum Gasteiger partial charge on any atom is -0.327 e. The highest BCUT2D eigenvalue weighted by Crippen LogP contribution is 2.30. The molecule has 2 atom stereocenters. The molecule has 1 aliphatic rings. The quantitative estimate of drug-likeness (QED) is 0.794. The molecular weight excluding hydrogens is 202 g/mol. The van der Waals surface area contributed by atoms with Crippen molar-refractivity contribution in [2.45, 2.75) is 49.3 Å². The zero-order valence-corrected chi connectivity index (χ0v) is 10.3. The van der Waals surface area contributed by atoms with Gasteiger partial charge in [0.2, 0.25) is 0 Å². The molecule has 15 heavy (non-hydrogen) atoms. The van der Waals surface area contributed by atoms with E-state index in [4.69, 9.17) is 5.73 Å². The van der Waals surface area contributed by atoms with Crippen LogP contribution in [0.3, 0.4) is 0 Å². The second kappa shape index (κ2) is 4.58. The number of thioether (sulfide) groups is 1. The van der Waals surface area contributed by atoms with Gasteiger partial charge in [0.05, 0.1) is 0 Å². The molecule has 2 unspecified atom stereocenters. The van der Waals surface area contributed by atoms with Gasteiger partial charge >= 0.3 is 0 Å². The fraction of sp³-hybridized carbons (Fsp3) is 0.538. The predicted octanol–water partition coefficient (Wildman–Crippen LogP) is 3.00. The fourth-order valence-electron chi connectivity index (χ4n) is 1.94. The molecule has 0 radical (unpaired) electrons. The van der Waals surface area contributed by atoms with E-state index in [-0.39, 0.29) is 6.04 Å². The minimum absolute atomic E-state index is 0.253. The molecule has 0 heterocycles. The zero-order chi connectivity index (χ0) is 10.8. The number of benzene rings is 1. The lowest BCUT2D eigenvalue weighted by Gasteiger charge is -2.15. The first-order valence-corrected chi connectivity index (χ1v) is 6.59. The Bertz CT molecular complexity index is 346. The molecule has 0 saturated heterocycles. The molecule has 2 rings (SSSR count). The normalized spacial score (nSPS) is 18.6. The second-order valence-electron chi connectivity index (χ2n) is 4.47. The van der Waals surface area contributed by atoms with Crippen LogP contribution in [0.1, 0.15) is 31.4 Å². The lowest BCUT2D eigenvalue weighted by Crippen LogP contribution is -2.26. The van der Waals surface area contributed by atoms with Crippen molar-refractivity contribution in [1.82, 2.24) is 0 Å². The van der Waals surface area contributed by atoms with Crippen molar-refractivity contribution in [3.8, 4) is 0 Å². The highest BCUT2D eigenvalue weighted by Gasteiger charge is 2.13. The summed E-state index contributed by atoms with van der Waals surface area (Å²) in [5, 5.41) is 0.490. The van der Waals surface area contributed by atoms with Crippen LogP contribution in [0.2, 0.25) is 0 Å². The van der Waals surface area contributed by atoms with Gasteiger partial charge < -0.3 is 5.73 Å². The number of hydrogen-bond acceptors (Lipinski definition) is 2. The van der Waals surface area contributed by atoms with Gasteiger partial charge in [0, 0.05) is 16.2 Å². The topological polar surface area (TPSA) is 26.0 Å². The van der Waals surface area contributed by atoms with Crippen LogP contribution in [0, 0.1) is 0 Å². The number of rotatable bonds is 3. The summed E-state index contributed by atoms with van der Waals surface area (Å²) in [5.41, 5.74) is 8.98. The molecule has 0 fully saturated rings. The van der Waals surface area contributed by atoms with Gasteiger partial charge in [-0.25, -0.2) is 0 Å². The summed E-state index contributed by atoms with van der Waals surface area (Å²) in [6.07, 6.45) is 3.85. The zero-order valence-electron chi connectivity index (χ0n) is 9.49. The fourth-order valence-corrected chi connectivity index (χ4v) is 2.94. The van der Waals surface area contributed by atoms with Crippen molar-refractivity contribution < 1.29 is 0 Å². The van der Waals surface area contributed by atoms with Crippen molar-refractivity contribution in [2.24, 2.45) is 5.73 Å². The van der Waals surface area contributed by atoms with Gasteiger partial charge in [-0.3, -0.25) is 0 Å². The van der Waals surface area contributed by atoms with Crippen molar-refractivity contribution in [3.05, 3.63) is 29.3 Å². The third kappa shape index (κ3) is 2.56. The van der Waals surface area contributed by atoms with Crippen LogP contribution >= 0.6 is 11.8 Å². The summed E-state index contributed by atoms with van der Waals surface area (Å²) in [6, 6.07) is 7.14. The molecule has 0 spiro atoms. The van der Waals surface area contributed by atoms with Crippen LogP contribution < -0.4 is 5.73 Å². The molecule has 1 aromatic rings. The van der Waals surface area contributed by atoms with Gasteiger partial charge in [-0.2, -0.15) is 0 Å². The Morgan fingerprint density at radius 1 is 1.20 bits per heavy atom. The number of fused-ring (bicyclic) bond motifs is 1. The predicted molar refractivity (Wildman–Crippen MR) is 67.4 cm³/mol. The molecule has 2 N–H and O–H groups in total. The van der Waals surface area contributed by atoms with Crippen molar-refractivity contribution in [3.63, 3.8) is 0 Å². The van der Waals surface area contributed by atoms with E-state index in [1.165, 1.54) is 24.2 Å². The van der Waals surface area contributed by atoms with Gasteiger partial charge in [-0.15, -0.1) is 11.8 Å². The monoisotopic (exact) mass is 221 g/mol. The number of hydrogen-bond donors (Lipinski definition) is 1. The van der Waals surface area contributed by atoms with E-state index >= 15 is 0 Å². The van der Waals surface area contributed by atoms with Gasteiger partial charge in [-0.05, 0) is 49.4 Å². The lowest BCUT2D eigenvalue weighted by atomic mass is 10.1. The first-order valence-electron chi connectivity index (χ1n) is 5.71. The van der Waals surface area contributed by atoms with Crippen LogP contribution in [0.5, 0.6) is 0 Å². The van der Waals surface area contributed by atoms with E-state index in [0.29, 0.717) is 5.25 Å². The standard InChI is InChI=1S/C13H19NS/c1-9(14)10(2)15-13-7-6-11-4-3-5-12(11)8-13/h6-10H,3-5,14H2,1-2H3. The van der Waals surface area contributed by atoms with Crippen LogP contribution in [-0.4, -0.2) is 11.3 Å². The molecule has 2 heteroatoms. The molecule has 0 amide bonds. The van der Waals surface area contributed by atoms with Crippen LogP contribution in [0.15, 0.2) is 23.1 Å². The van der Waals surface area contributed by atoms with E-state index in [9.17, 15) is 0 Å². The number of nitrogens with two attached hydrogens (primary N) is 1. The molecule has 0 bridgehead atoms. The first-order chi connectivity index (χ1) is 7.16. The molecule has 1 aromatic carbocycles. The Hall–Kier alpha value is -0.470. The molecule has 0 aromatic heterocycles. The maximum Gasteiger partial charge on any atom is 0.0215 e. The maximum atomic E-state index is 5.88. The van der Waals surface area contributed by atoms with E-state index in [2.05, 4.69) is 32.0 Å². The third-order valence-electron chi connectivity index (χ3n) is 3.13. The Morgan fingerprint density at radius 2 is 1.93 bits per heavy atom. The summed E-state index contributed by atoms with van der Waals surface area (Å²) in [7, 11) is 0. The molecular formula is C13H19NS. The highest BCUT2D eigenvalue weighted by atomic mass is 32.2. The SMILES string of the molecule is CC(N)C(C)Sc1ccc2c(c1)CCC2. The number of aryl methyl sites for hydroxylation is 2. The summed E-state index contributed by atoms with van der Waals surface area (Å²) >= 11 is 1.89. The average molecular weight is 221 g/mol. The van der Waals surface area contributed by atoms with E-state index in [1.54, 1.807) is 11.1 Å². The minimum atomic E-state index is 0.253. The Balaban J connectivity index is 2.10. The molecule has 0 aliphatic heterocycles. The average Bonchev–Trinajstić information content (AvgIpc) is 2.64. The smallest absolute Gasteiger partial charge is 0.0215 e. The van der Waals surface area contributed by atoms with Crippen LogP contribution in [0.4, 0.5) is 0 Å². The van der Waals surface area contributed by atoms with E-state index in [1.807, 2.05) is 11.8 Å². The van der Waals surface area contributed by atoms with Gasteiger partial charge in [-0.1, -0.05) is 13.0 Å². The summed E-state index contributed by atoms with van der Waals surface area (Å²) < 4.78 is 0. The van der Waals surface area contributed by atoms with Gasteiger partial charge in [0.25, 0.3) is 0 Å². The Kier molecular flexibility index (Phi) is 3.37. The Morgan fingerprint density at radius 3 is 2.67 bits per heavy atom. The van der Waals surface area contributed by atoms with Crippen molar-refractivity contribution in [2.75, 3.05) is 0 Å². The summed E-state index contributed by atoms with van der Waals surface area (Å²) in [5.74, 6) is 0. The van der Waals surface area contributed by atoms with Crippen LogP contribution in [0.25, 0.3) is 0 Å². The van der Waals surface area contributed by atoms with Crippen LogP contribution in [-0.2, 0) is 12.8 Å². The van der Waals surface area contributed by atoms with Gasteiger partial charge in [0.1, 0.15) is 0 Å². The van der Waals surface area contributed by atoms with E-state index < -0.39 is 0 Å². The summed E-state index contributed by atoms with van der Waals surface area (Å²) in [6.45, 7) is 4.27. The second-order valence-corrected chi connectivity index (χ2v) is 5.92. The van der Waals surface area contributed by atoms with E-state index in [0.717, 1.165) is 0 Å². The van der Waals surface area contributed by atoms with Crippen molar-refractivity contribution >= 4 is 11.8 Å². The maximum absolute atomic E-state index is 5.88. The lowest BCUT2D eigenvalue weighted by molar-refractivity contribution is 0.731. The van der Waals surface area contributed by atoms with Crippen molar-refractivity contribution in [1.29, 1.82) is 0 Å². The largest absolute Gasteiger partial charge is 0.327 e. The molecule has 0 saturated carbocycles. The summed E-state index contributed by atoms with van der Waals surface area (Å²) in [4.78, 5) is 1.38. The Labute approximate surface area is 96.4 Å². The molecule has 1 nitrogen and oxygen atoms in total. The third-order valence-corrected chi connectivity index (χ3v) is 4.46. The van der Waals surface area contributed by atoms with Gasteiger partial charge in [0.15, 0.2) is 0 Å².